The number of hydrogen-bond donors (Lipinski definition) is 1. The lowest BCUT2D eigenvalue weighted by Gasteiger charge is -2.15. The Kier molecular flexibility index (Phi) is 3.49. The van der Waals surface area contributed by atoms with E-state index in [0.29, 0.717) is 11.6 Å². The molecule has 0 unspecified atom stereocenters. The quantitative estimate of drug-likeness (QED) is 0.912. The van der Waals surface area contributed by atoms with Crippen LogP contribution < -0.4 is 5.32 Å². The second kappa shape index (κ2) is 5.29. The molecule has 1 fully saturated rings. The van der Waals surface area contributed by atoms with Gasteiger partial charge in [0.1, 0.15) is 0 Å². The van der Waals surface area contributed by atoms with Gasteiger partial charge in [-0.25, -0.2) is 0 Å². The van der Waals surface area contributed by atoms with Gasteiger partial charge in [0.05, 0.1) is 5.41 Å². The minimum atomic E-state index is -0.298. The molecule has 1 aliphatic rings. The zero-order valence-corrected chi connectivity index (χ0v) is 11.9. The van der Waals surface area contributed by atoms with E-state index >= 15 is 0 Å². The largest absolute Gasteiger partial charge is 0.351 e. The van der Waals surface area contributed by atoms with E-state index in [-0.39, 0.29) is 11.3 Å². The van der Waals surface area contributed by atoms with E-state index in [2.05, 4.69) is 5.32 Å². The first-order valence-corrected chi connectivity index (χ1v) is 7.17. The Morgan fingerprint density at radius 2 is 1.70 bits per heavy atom. The van der Waals surface area contributed by atoms with Crippen LogP contribution in [-0.2, 0) is 16.8 Å². The van der Waals surface area contributed by atoms with Crippen molar-refractivity contribution < 1.29 is 4.79 Å². The molecule has 1 N–H and O–H groups in total. The molecule has 0 atom stereocenters. The Morgan fingerprint density at radius 1 is 1.05 bits per heavy atom. The van der Waals surface area contributed by atoms with Gasteiger partial charge in [-0.1, -0.05) is 54.1 Å². The van der Waals surface area contributed by atoms with E-state index < -0.39 is 0 Å². The van der Waals surface area contributed by atoms with E-state index in [1.807, 2.05) is 54.6 Å². The van der Waals surface area contributed by atoms with E-state index in [1.54, 1.807) is 0 Å². The number of amides is 1. The number of nitrogens with one attached hydrogen (secondary N) is 1. The first-order valence-electron chi connectivity index (χ1n) is 6.79. The van der Waals surface area contributed by atoms with Gasteiger partial charge in [0, 0.05) is 11.6 Å². The Balaban J connectivity index is 1.67. The monoisotopic (exact) mass is 285 g/mol. The lowest BCUT2D eigenvalue weighted by atomic mass is 9.95. The van der Waals surface area contributed by atoms with E-state index in [4.69, 9.17) is 11.6 Å². The number of carbonyl (C=O) groups excluding carboxylic acids is 1. The highest BCUT2D eigenvalue weighted by molar-refractivity contribution is 6.30. The molecular weight excluding hydrogens is 270 g/mol. The van der Waals surface area contributed by atoms with Crippen LogP contribution in [0.2, 0.25) is 5.02 Å². The molecule has 20 heavy (non-hydrogen) atoms. The smallest absolute Gasteiger partial charge is 0.230 e. The van der Waals surface area contributed by atoms with Crippen LogP contribution in [-0.4, -0.2) is 5.91 Å². The van der Waals surface area contributed by atoms with Crippen molar-refractivity contribution in [1.82, 2.24) is 5.32 Å². The van der Waals surface area contributed by atoms with Crippen molar-refractivity contribution in [3.05, 3.63) is 70.7 Å². The van der Waals surface area contributed by atoms with Crippen molar-refractivity contribution in [2.24, 2.45) is 0 Å². The average Bonchev–Trinajstić information content (AvgIpc) is 3.29. The van der Waals surface area contributed by atoms with Crippen molar-refractivity contribution in [2.75, 3.05) is 0 Å². The normalized spacial score (nSPS) is 15.7. The predicted octanol–water partition coefficient (Wildman–Crippen LogP) is 3.69. The van der Waals surface area contributed by atoms with Gasteiger partial charge in [0.15, 0.2) is 0 Å². The van der Waals surface area contributed by atoms with Gasteiger partial charge >= 0.3 is 0 Å². The van der Waals surface area contributed by atoms with Gasteiger partial charge in [0.2, 0.25) is 5.91 Å². The summed E-state index contributed by atoms with van der Waals surface area (Å²) in [5.41, 5.74) is 1.88. The second-order valence-corrected chi connectivity index (χ2v) is 5.69. The first kappa shape index (κ1) is 13.2. The Morgan fingerprint density at radius 3 is 2.30 bits per heavy atom. The summed E-state index contributed by atoms with van der Waals surface area (Å²) in [5.74, 6) is 0.124. The zero-order valence-electron chi connectivity index (χ0n) is 11.1. The van der Waals surface area contributed by atoms with Crippen LogP contribution in [0, 0.1) is 0 Å². The maximum absolute atomic E-state index is 12.4. The molecule has 0 aromatic heterocycles. The fourth-order valence-electron chi connectivity index (χ4n) is 2.48. The van der Waals surface area contributed by atoms with Crippen LogP contribution in [0.1, 0.15) is 24.0 Å². The number of halogens is 1. The molecule has 1 aliphatic carbocycles. The highest BCUT2D eigenvalue weighted by atomic mass is 35.5. The molecule has 3 heteroatoms. The van der Waals surface area contributed by atoms with Crippen LogP contribution in [0.25, 0.3) is 0 Å². The van der Waals surface area contributed by atoms with Gasteiger partial charge in [-0.3, -0.25) is 4.79 Å². The molecule has 2 aromatic carbocycles. The fraction of sp³-hybridized carbons (Fsp3) is 0.235. The van der Waals surface area contributed by atoms with E-state index in [9.17, 15) is 4.79 Å². The standard InChI is InChI=1S/C17H16ClNO/c18-15-8-6-13(7-9-15)12-19-16(20)17(10-11-17)14-4-2-1-3-5-14/h1-9H,10-12H2,(H,19,20). The number of rotatable bonds is 4. The summed E-state index contributed by atoms with van der Waals surface area (Å²) in [6.07, 6.45) is 1.87. The molecule has 0 heterocycles. The minimum absolute atomic E-state index is 0.124. The van der Waals surface area contributed by atoms with Crippen LogP contribution in [0.15, 0.2) is 54.6 Å². The third-order valence-corrected chi connectivity index (χ3v) is 4.13. The minimum Gasteiger partial charge on any atom is -0.351 e. The zero-order chi connectivity index (χ0) is 14.0. The van der Waals surface area contributed by atoms with Crippen LogP contribution in [0.4, 0.5) is 0 Å². The summed E-state index contributed by atoms with van der Waals surface area (Å²) >= 11 is 5.85. The van der Waals surface area contributed by atoms with Gasteiger partial charge in [-0.15, -0.1) is 0 Å². The van der Waals surface area contributed by atoms with Gasteiger partial charge < -0.3 is 5.32 Å². The Hall–Kier alpha value is -1.80. The average molecular weight is 286 g/mol. The molecule has 102 valence electrons. The molecule has 1 amide bonds. The predicted molar refractivity (Wildman–Crippen MR) is 80.7 cm³/mol. The molecular formula is C17H16ClNO. The summed E-state index contributed by atoms with van der Waals surface area (Å²) in [6, 6.07) is 17.6. The molecule has 2 nitrogen and oxygen atoms in total. The molecule has 0 aliphatic heterocycles. The van der Waals surface area contributed by atoms with Crippen molar-refractivity contribution in [3.8, 4) is 0 Å². The van der Waals surface area contributed by atoms with Crippen molar-refractivity contribution in [1.29, 1.82) is 0 Å². The highest BCUT2D eigenvalue weighted by Crippen LogP contribution is 2.48. The molecule has 3 rings (SSSR count). The number of benzene rings is 2. The van der Waals surface area contributed by atoms with Gasteiger partial charge in [-0.05, 0) is 36.1 Å². The maximum Gasteiger partial charge on any atom is 0.230 e. The van der Waals surface area contributed by atoms with Crippen LogP contribution in [0.5, 0.6) is 0 Å². The lowest BCUT2D eigenvalue weighted by molar-refractivity contribution is -0.123. The van der Waals surface area contributed by atoms with Gasteiger partial charge in [0.25, 0.3) is 0 Å². The highest BCUT2D eigenvalue weighted by Gasteiger charge is 2.50. The van der Waals surface area contributed by atoms with Crippen molar-refractivity contribution >= 4 is 17.5 Å². The first-order chi connectivity index (χ1) is 9.71. The molecule has 0 radical (unpaired) electrons. The summed E-state index contributed by atoms with van der Waals surface area (Å²) in [6.45, 7) is 0.546. The summed E-state index contributed by atoms with van der Waals surface area (Å²) in [5, 5.41) is 3.75. The summed E-state index contributed by atoms with van der Waals surface area (Å²) < 4.78 is 0. The Labute approximate surface area is 123 Å². The second-order valence-electron chi connectivity index (χ2n) is 5.26. The third-order valence-electron chi connectivity index (χ3n) is 3.88. The van der Waals surface area contributed by atoms with E-state index in [0.717, 1.165) is 24.0 Å². The van der Waals surface area contributed by atoms with Gasteiger partial charge in [-0.2, -0.15) is 0 Å². The maximum atomic E-state index is 12.4. The van der Waals surface area contributed by atoms with Crippen molar-refractivity contribution in [2.45, 2.75) is 24.8 Å². The SMILES string of the molecule is O=C(NCc1ccc(Cl)cc1)C1(c2ccccc2)CC1. The molecule has 0 saturated heterocycles. The summed E-state index contributed by atoms with van der Waals surface area (Å²) in [7, 11) is 0. The molecule has 0 bridgehead atoms. The van der Waals surface area contributed by atoms with Crippen LogP contribution >= 0.6 is 11.6 Å². The number of carbonyl (C=O) groups is 1. The van der Waals surface area contributed by atoms with Crippen LogP contribution in [0.3, 0.4) is 0 Å². The molecule has 0 spiro atoms. The third kappa shape index (κ3) is 2.56. The molecule has 1 saturated carbocycles. The van der Waals surface area contributed by atoms with E-state index in [1.165, 1.54) is 0 Å². The summed E-state index contributed by atoms with van der Waals surface area (Å²) in [4.78, 5) is 12.4. The lowest BCUT2D eigenvalue weighted by Crippen LogP contribution is -2.34. The molecule has 2 aromatic rings. The number of hydrogen-bond acceptors (Lipinski definition) is 1. The Bertz CT molecular complexity index is 603. The topological polar surface area (TPSA) is 29.1 Å². The fourth-order valence-corrected chi connectivity index (χ4v) is 2.61. The van der Waals surface area contributed by atoms with Crippen molar-refractivity contribution in [3.63, 3.8) is 0 Å².